The molecule has 0 saturated carbocycles. The van der Waals surface area contributed by atoms with Crippen LogP contribution in [0.25, 0.3) is 0 Å². The van der Waals surface area contributed by atoms with E-state index in [1.807, 2.05) is 0 Å². The van der Waals surface area contributed by atoms with Gasteiger partial charge in [0.15, 0.2) is 0 Å². The SMILES string of the molecule is CCOC(=O)C(C)(C)c1nn[nH]c1SCC1=C(C(=O)O)N2C(=O)C(N)[C@H]2SC1. The first-order valence-corrected chi connectivity index (χ1v) is 10.6. The summed E-state index contributed by atoms with van der Waals surface area (Å²) in [6, 6.07) is -0.664. The summed E-state index contributed by atoms with van der Waals surface area (Å²) in [5, 5.41) is 20.4. The molecule has 4 N–H and O–H groups in total. The van der Waals surface area contributed by atoms with E-state index in [4.69, 9.17) is 10.5 Å². The van der Waals surface area contributed by atoms with Crippen molar-refractivity contribution in [2.45, 2.75) is 42.6 Å². The minimum Gasteiger partial charge on any atom is -0.477 e. The zero-order chi connectivity index (χ0) is 20.6. The van der Waals surface area contributed by atoms with Crippen LogP contribution in [-0.2, 0) is 24.5 Å². The number of carboxylic acid groups (broad SMARTS) is 1. The van der Waals surface area contributed by atoms with Crippen LogP contribution in [0.3, 0.4) is 0 Å². The number of amides is 1. The largest absolute Gasteiger partial charge is 0.477 e. The Bertz CT molecular complexity index is 852. The van der Waals surface area contributed by atoms with Gasteiger partial charge < -0.3 is 15.6 Å². The van der Waals surface area contributed by atoms with Crippen LogP contribution < -0.4 is 5.73 Å². The minimum atomic E-state index is -1.16. The number of fused-ring (bicyclic) bond motifs is 1. The van der Waals surface area contributed by atoms with Crippen LogP contribution in [-0.4, -0.2) is 72.8 Å². The Morgan fingerprint density at radius 1 is 1.50 bits per heavy atom. The zero-order valence-corrected chi connectivity index (χ0v) is 17.2. The maximum Gasteiger partial charge on any atom is 0.352 e. The van der Waals surface area contributed by atoms with Crippen LogP contribution in [0, 0.1) is 0 Å². The maximum atomic E-state index is 12.3. The molecule has 1 aromatic rings. The van der Waals surface area contributed by atoms with Crippen LogP contribution in [0.2, 0.25) is 0 Å². The van der Waals surface area contributed by atoms with E-state index in [9.17, 15) is 19.5 Å². The van der Waals surface area contributed by atoms with Gasteiger partial charge in [-0.15, -0.1) is 28.6 Å². The van der Waals surface area contributed by atoms with Gasteiger partial charge in [0.05, 0.1) is 6.61 Å². The summed E-state index contributed by atoms with van der Waals surface area (Å²) in [5.41, 5.74) is 5.77. The van der Waals surface area contributed by atoms with Crippen LogP contribution >= 0.6 is 23.5 Å². The average molecular weight is 428 g/mol. The van der Waals surface area contributed by atoms with Crippen molar-refractivity contribution >= 4 is 41.4 Å². The maximum absolute atomic E-state index is 12.3. The number of thioether (sulfide) groups is 2. The number of nitrogens with zero attached hydrogens (tertiary/aromatic N) is 3. The summed E-state index contributed by atoms with van der Waals surface area (Å²) in [5.74, 6) is -1.21. The van der Waals surface area contributed by atoms with Gasteiger partial charge in [0, 0.05) is 11.5 Å². The first-order chi connectivity index (χ1) is 13.2. The van der Waals surface area contributed by atoms with Crippen molar-refractivity contribution in [1.29, 1.82) is 0 Å². The van der Waals surface area contributed by atoms with Gasteiger partial charge >= 0.3 is 11.9 Å². The van der Waals surface area contributed by atoms with Gasteiger partial charge in [-0.3, -0.25) is 19.6 Å². The molecule has 1 unspecified atom stereocenters. The summed E-state index contributed by atoms with van der Waals surface area (Å²) >= 11 is 2.72. The quantitative estimate of drug-likeness (QED) is 0.315. The average Bonchev–Trinajstić information content (AvgIpc) is 3.14. The molecule has 0 aliphatic carbocycles. The minimum absolute atomic E-state index is 0.0124. The number of rotatable bonds is 7. The molecule has 3 rings (SSSR count). The number of nitrogens with two attached hydrogens (primary N) is 1. The number of nitrogens with one attached hydrogen (secondary N) is 1. The Labute approximate surface area is 169 Å². The monoisotopic (exact) mass is 427 g/mol. The number of H-pyrrole nitrogens is 1. The van der Waals surface area contributed by atoms with Gasteiger partial charge in [0.2, 0.25) is 5.91 Å². The Morgan fingerprint density at radius 2 is 2.21 bits per heavy atom. The predicted molar refractivity (Wildman–Crippen MR) is 102 cm³/mol. The third-order valence-electron chi connectivity index (χ3n) is 4.58. The molecule has 1 amide bonds. The summed E-state index contributed by atoms with van der Waals surface area (Å²) < 4.78 is 5.11. The number of β-lactam (4-membered cyclic amide) rings is 1. The van der Waals surface area contributed by atoms with Gasteiger partial charge in [0.25, 0.3) is 0 Å². The number of hydrogen-bond donors (Lipinski definition) is 3. The number of carbonyl (C=O) groups is 3. The molecule has 2 atom stereocenters. The number of aromatic nitrogens is 3. The van der Waals surface area contributed by atoms with E-state index in [1.54, 1.807) is 20.8 Å². The molecule has 1 aromatic heterocycles. The molecule has 3 heterocycles. The third-order valence-corrected chi connectivity index (χ3v) is 7.00. The number of ether oxygens (including phenoxy) is 1. The van der Waals surface area contributed by atoms with Crippen molar-refractivity contribution in [3.8, 4) is 0 Å². The van der Waals surface area contributed by atoms with Crippen molar-refractivity contribution < 1.29 is 24.2 Å². The fourth-order valence-corrected chi connectivity index (χ4v) is 5.50. The molecule has 0 radical (unpaired) electrons. The summed E-state index contributed by atoms with van der Waals surface area (Å²) in [6.45, 7) is 5.36. The zero-order valence-electron chi connectivity index (χ0n) is 15.6. The number of esters is 1. The van der Waals surface area contributed by atoms with E-state index >= 15 is 0 Å². The van der Waals surface area contributed by atoms with Gasteiger partial charge in [-0.25, -0.2) is 4.79 Å². The Morgan fingerprint density at radius 3 is 2.86 bits per heavy atom. The fraction of sp³-hybridized carbons (Fsp3) is 0.562. The normalized spacial score (nSPS) is 22.0. The van der Waals surface area contributed by atoms with E-state index in [2.05, 4.69) is 15.4 Å². The van der Waals surface area contributed by atoms with Crippen LogP contribution in [0.15, 0.2) is 16.3 Å². The lowest BCUT2D eigenvalue weighted by Crippen LogP contribution is -2.68. The van der Waals surface area contributed by atoms with Crippen LogP contribution in [0.4, 0.5) is 0 Å². The van der Waals surface area contributed by atoms with Crippen LogP contribution in [0.5, 0.6) is 0 Å². The fourth-order valence-electron chi connectivity index (χ4n) is 2.99. The van der Waals surface area contributed by atoms with E-state index in [-0.39, 0.29) is 23.6 Å². The molecule has 2 aliphatic heterocycles. The Balaban J connectivity index is 1.81. The van der Waals surface area contributed by atoms with Gasteiger partial charge in [-0.1, -0.05) is 5.21 Å². The van der Waals surface area contributed by atoms with Gasteiger partial charge in [-0.2, -0.15) is 0 Å². The van der Waals surface area contributed by atoms with Crippen molar-refractivity contribution in [3.05, 3.63) is 17.0 Å². The lowest BCUT2D eigenvalue weighted by Gasteiger charge is -2.48. The second-order valence-corrected chi connectivity index (χ2v) is 8.91. The molecule has 2 aliphatic rings. The number of aromatic amines is 1. The predicted octanol–water partition coefficient (Wildman–Crippen LogP) is 0.319. The van der Waals surface area contributed by atoms with Crippen molar-refractivity contribution in [2.75, 3.05) is 18.1 Å². The molecule has 1 fully saturated rings. The van der Waals surface area contributed by atoms with E-state index in [0.29, 0.717) is 27.8 Å². The molecule has 12 heteroatoms. The second kappa shape index (κ2) is 7.76. The molecular formula is C16H21N5O5S2. The van der Waals surface area contributed by atoms with E-state index in [0.717, 1.165) is 0 Å². The number of carbonyl (C=O) groups excluding carboxylic acids is 2. The molecule has 0 bridgehead atoms. The molecule has 0 aromatic carbocycles. The lowest BCUT2D eigenvalue weighted by molar-refractivity contribution is -0.149. The van der Waals surface area contributed by atoms with Gasteiger partial charge in [-0.05, 0) is 26.3 Å². The summed E-state index contributed by atoms with van der Waals surface area (Å²) in [4.78, 5) is 37.3. The molecule has 10 nitrogen and oxygen atoms in total. The molecule has 1 saturated heterocycles. The van der Waals surface area contributed by atoms with Crippen molar-refractivity contribution in [2.24, 2.45) is 5.73 Å². The Hall–Kier alpha value is -2.05. The summed E-state index contributed by atoms with van der Waals surface area (Å²) in [6.07, 6.45) is 0. The van der Waals surface area contributed by atoms with E-state index < -0.39 is 23.4 Å². The smallest absolute Gasteiger partial charge is 0.352 e. The number of aliphatic carboxylic acids is 1. The highest BCUT2D eigenvalue weighted by atomic mass is 32.2. The van der Waals surface area contributed by atoms with E-state index in [1.165, 1.54) is 28.4 Å². The molecule has 0 spiro atoms. The summed E-state index contributed by atoms with van der Waals surface area (Å²) in [7, 11) is 0. The van der Waals surface area contributed by atoms with Crippen LogP contribution in [0.1, 0.15) is 26.5 Å². The first-order valence-electron chi connectivity index (χ1n) is 8.57. The molecule has 28 heavy (non-hydrogen) atoms. The molecular weight excluding hydrogens is 406 g/mol. The highest BCUT2D eigenvalue weighted by Gasteiger charge is 2.51. The number of hydrogen-bond acceptors (Lipinski definition) is 9. The Kier molecular flexibility index (Phi) is 5.73. The standard InChI is InChI=1S/C16H21N5O5S2/c1-4-26-15(25)16(2,3)10-11(19-20-18-10)27-5-7-6-28-13-8(17)12(22)21(13)9(7)14(23)24/h8,13H,4-6,17H2,1-3H3,(H,23,24)(H,18,19,20)/t8?,13-/m1/s1. The first kappa shape index (κ1) is 20.7. The van der Waals surface area contributed by atoms with Crippen molar-refractivity contribution in [3.63, 3.8) is 0 Å². The second-order valence-electron chi connectivity index (χ2n) is 6.82. The molecule has 152 valence electrons. The number of carboxylic acids is 1. The van der Waals surface area contributed by atoms with Crippen molar-refractivity contribution in [1.82, 2.24) is 20.3 Å². The lowest BCUT2D eigenvalue weighted by atomic mass is 9.90. The van der Waals surface area contributed by atoms with Gasteiger partial charge in [0.1, 0.15) is 33.2 Å². The third kappa shape index (κ3) is 3.40. The highest BCUT2D eigenvalue weighted by Crippen LogP contribution is 2.41. The highest BCUT2D eigenvalue weighted by molar-refractivity contribution is 8.01. The topological polar surface area (TPSA) is 152 Å².